The van der Waals surface area contributed by atoms with Crippen molar-refractivity contribution in [3.63, 3.8) is 0 Å². The van der Waals surface area contributed by atoms with E-state index in [4.69, 9.17) is 0 Å². The lowest BCUT2D eigenvalue weighted by atomic mass is 10.1. The van der Waals surface area contributed by atoms with E-state index in [1.807, 2.05) is 0 Å². The fourth-order valence-electron chi connectivity index (χ4n) is 1.12. The first-order valence-electron chi connectivity index (χ1n) is 4.06. The van der Waals surface area contributed by atoms with E-state index in [0.717, 1.165) is 12.1 Å². The minimum atomic E-state index is -4.32. The van der Waals surface area contributed by atoms with Gasteiger partial charge < -0.3 is 0 Å². The monoisotopic (exact) mass is 228 g/mol. The smallest absolute Gasteiger partial charge is 0.245 e. The third-order valence-electron chi connectivity index (χ3n) is 1.79. The Balaban J connectivity index is 2.44. The van der Waals surface area contributed by atoms with E-state index in [1.165, 1.54) is 17.4 Å². The molecule has 0 atom stereocenters. The van der Waals surface area contributed by atoms with Gasteiger partial charge in [0.05, 0.1) is 5.56 Å². The molecule has 2 aromatic rings. The predicted molar refractivity (Wildman–Crippen MR) is 51.4 cm³/mol. The van der Waals surface area contributed by atoms with Crippen molar-refractivity contribution in [1.29, 1.82) is 0 Å². The van der Waals surface area contributed by atoms with Crippen LogP contribution in [0.3, 0.4) is 0 Å². The average molecular weight is 228 g/mol. The minimum absolute atomic E-state index is 0.375. The second kappa shape index (κ2) is 3.66. The van der Waals surface area contributed by atoms with Crippen LogP contribution in [0.1, 0.15) is 5.56 Å². The maximum absolute atomic E-state index is 12.4. The lowest BCUT2D eigenvalue weighted by Gasteiger charge is -2.06. The van der Waals surface area contributed by atoms with Crippen LogP contribution in [-0.2, 0) is 6.18 Å². The summed E-state index contributed by atoms with van der Waals surface area (Å²) in [6.07, 6.45) is -2.77. The van der Waals surface area contributed by atoms with E-state index in [-0.39, 0.29) is 0 Å². The molecule has 1 nitrogen and oxygen atoms in total. The number of nitrogens with zero attached hydrogens (tertiary/aromatic N) is 1. The molecule has 0 unspecified atom stereocenters. The Labute approximate surface area is 88.2 Å². The first kappa shape index (κ1) is 10.2. The first-order valence-corrected chi connectivity index (χ1v) is 4.94. The fraction of sp³-hybridized carbons (Fsp3) is 0.100. The molecule has 0 amide bonds. The van der Waals surface area contributed by atoms with Crippen molar-refractivity contribution in [3.05, 3.63) is 41.4 Å². The van der Waals surface area contributed by atoms with Gasteiger partial charge in [-0.1, -0.05) is 6.07 Å². The summed E-state index contributed by atoms with van der Waals surface area (Å²) in [5.74, 6) is 0. The molecule has 0 saturated carbocycles. The Bertz CT molecular complexity index is 448. The van der Waals surface area contributed by atoms with Gasteiger partial charge in [-0.2, -0.15) is 13.2 Å². The molecule has 0 bridgehead atoms. The molecule has 1 radical (unpaired) electrons. The fourth-order valence-corrected chi connectivity index (χ4v) is 1.74. The molecular formula is C10H5F3NS. The van der Waals surface area contributed by atoms with Gasteiger partial charge in [0.2, 0.25) is 0 Å². The molecule has 77 valence electrons. The number of aromatic nitrogens is 1. The summed E-state index contributed by atoms with van der Waals surface area (Å²) in [6, 6.07) is 6.05. The second-order valence-corrected chi connectivity index (χ2v) is 3.72. The summed E-state index contributed by atoms with van der Waals surface area (Å²) in [5, 5.41) is 2.25. The lowest BCUT2D eigenvalue weighted by Crippen LogP contribution is -2.04. The van der Waals surface area contributed by atoms with Crippen LogP contribution in [0.5, 0.6) is 0 Å². The van der Waals surface area contributed by atoms with Crippen LogP contribution in [-0.4, -0.2) is 4.98 Å². The van der Waals surface area contributed by atoms with Gasteiger partial charge in [-0.05, 0) is 18.2 Å². The zero-order valence-electron chi connectivity index (χ0n) is 7.38. The van der Waals surface area contributed by atoms with E-state index in [2.05, 4.69) is 11.1 Å². The summed E-state index contributed by atoms with van der Waals surface area (Å²) < 4.78 is 37.1. The van der Waals surface area contributed by atoms with E-state index in [0.29, 0.717) is 10.6 Å². The van der Waals surface area contributed by atoms with Crippen LogP contribution in [0.2, 0.25) is 0 Å². The van der Waals surface area contributed by atoms with Gasteiger partial charge in [0, 0.05) is 17.1 Å². The molecule has 0 spiro atoms. The SMILES string of the molecule is FC(F)(F)c1cc[c]c(-c2nccs2)c1. The molecule has 5 heteroatoms. The van der Waals surface area contributed by atoms with E-state index < -0.39 is 11.7 Å². The molecule has 0 aliphatic heterocycles. The Morgan fingerprint density at radius 3 is 2.73 bits per heavy atom. The third-order valence-corrected chi connectivity index (χ3v) is 2.60. The first-order chi connectivity index (χ1) is 7.07. The molecule has 2 rings (SSSR count). The Kier molecular flexibility index (Phi) is 2.48. The maximum Gasteiger partial charge on any atom is 0.416 e. The number of hydrogen-bond acceptors (Lipinski definition) is 2. The van der Waals surface area contributed by atoms with Crippen LogP contribution in [0.25, 0.3) is 10.6 Å². The van der Waals surface area contributed by atoms with Crippen molar-refractivity contribution in [2.45, 2.75) is 6.18 Å². The maximum atomic E-state index is 12.4. The summed E-state index contributed by atoms with van der Waals surface area (Å²) >= 11 is 1.29. The molecule has 1 heterocycles. The average Bonchev–Trinajstić information content (AvgIpc) is 2.69. The number of thiazole rings is 1. The molecular weight excluding hydrogens is 223 g/mol. The van der Waals surface area contributed by atoms with Crippen LogP contribution in [0.4, 0.5) is 13.2 Å². The van der Waals surface area contributed by atoms with Crippen LogP contribution in [0, 0.1) is 6.07 Å². The number of alkyl halides is 3. The number of hydrogen-bond donors (Lipinski definition) is 0. The van der Waals surface area contributed by atoms with Crippen molar-refractivity contribution in [2.24, 2.45) is 0 Å². The Morgan fingerprint density at radius 2 is 2.13 bits per heavy atom. The van der Waals surface area contributed by atoms with Crippen molar-refractivity contribution >= 4 is 11.3 Å². The molecule has 0 saturated heterocycles. The van der Waals surface area contributed by atoms with Crippen molar-refractivity contribution in [1.82, 2.24) is 4.98 Å². The predicted octanol–water partition coefficient (Wildman–Crippen LogP) is 3.63. The zero-order chi connectivity index (χ0) is 10.9. The number of rotatable bonds is 1. The summed E-state index contributed by atoms with van der Waals surface area (Å²) in [7, 11) is 0. The topological polar surface area (TPSA) is 12.9 Å². The zero-order valence-corrected chi connectivity index (χ0v) is 8.19. The highest BCUT2D eigenvalue weighted by atomic mass is 32.1. The van der Waals surface area contributed by atoms with Gasteiger partial charge in [0.1, 0.15) is 5.01 Å². The molecule has 1 aromatic carbocycles. The molecule has 0 fully saturated rings. The molecule has 15 heavy (non-hydrogen) atoms. The molecule has 0 aliphatic rings. The van der Waals surface area contributed by atoms with Gasteiger partial charge in [-0.3, -0.25) is 0 Å². The number of halogens is 3. The summed E-state index contributed by atoms with van der Waals surface area (Å²) in [6.45, 7) is 0. The van der Waals surface area contributed by atoms with Gasteiger partial charge in [0.15, 0.2) is 0 Å². The van der Waals surface area contributed by atoms with Gasteiger partial charge in [-0.25, -0.2) is 4.98 Å². The molecule has 0 aliphatic carbocycles. The van der Waals surface area contributed by atoms with E-state index >= 15 is 0 Å². The van der Waals surface area contributed by atoms with Crippen LogP contribution >= 0.6 is 11.3 Å². The molecule has 1 aromatic heterocycles. The summed E-state index contributed by atoms with van der Waals surface area (Å²) in [5.41, 5.74) is -0.300. The highest BCUT2D eigenvalue weighted by molar-refractivity contribution is 7.13. The second-order valence-electron chi connectivity index (χ2n) is 2.83. The Hall–Kier alpha value is -1.36. The standard InChI is InChI=1S/C10H5F3NS/c11-10(12,13)8-3-1-2-7(6-8)9-14-4-5-15-9/h1,3-6H. The van der Waals surface area contributed by atoms with E-state index in [9.17, 15) is 13.2 Å². The normalized spacial score (nSPS) is 11.7. The number of benzene rings is 1. The van der Waals surface area contributed by atoms with Crippen LogP contribution < -0.4 is 0 Å². The minimum Gasteiger partial charge on any atom is -0.245 e. The highest BCUT2D eigenvalue weighted by Crippen LogP contribution is 2.32. The lowest BCUT2D eigenvalue weighted by molar-refractivity contribution is -0.137. The third kappa shape index (κ3) is 2.18. The summed E-state index contributed by atoms with van der Waals surface area (Å²) in [4.78, 5) is 3.93. The van der Waals surface area contributed by atoms with E-state index in [1.54, 1.807) is 11.6 Å². The van der Waals surface area contributed by atoms with Crippen molar-refractivity contribution in [2.75, 3.05) is 0 Å². The quantitative estimate of drug-likeness (QED) is 0.726. The molecule has 0 N–H and O–H groups in total. The largest absolute Gasteiger partial charge is 0.416 e. The van der Waals surface area contributed by atoms with Gasteiger partial charge in [0.25, 0.3) is 0 Å². The van der Waals surface area contributed by atoms with Crippen LogP contribution in [0.15, 0.2) is 29.8 Å². The van der Waals surface area contributed by atoms with Crippen molar-refractivity contribution in [3.8, 4) is 10.6 Å². The van der Waals surface area contributed by atoms with Crippen molar-refractivity contribution < 1.29 is 13.2 Å². The Morgan fingerprint density at radius 1 is 1.33 bits per heavy atom. The highest BCUT2D eigenvalue weighted by Gasteiger charge is 2.30. The van der Waals surface area contributed by atoms with Gasteiger partial charge >= 0.3 is 6.18 Å². The van der Waals surface area contributed by atoms with Gasteiger partial charge in [-0.15, -0.1) is 11.3 Å².